The largest absolute Gasteiger partial charge is 0.211 e. The fourth-order valence-corrected chi connectivity index (χ4v) is 1.80. The third kappa shape index (κ3) is 1.88. The van der Waals surface area contributed by atoms with Gasteiger partial charge >= 0.3 is 0 Å². The Morgan fingerprint density at radius 3 is 2.88 bits per heavy atom. The van der Waals surface area contributed by atoms with Crippen LogP contribution < -0.4 is 0 Å². The Kier molecular flexibility index (Phi) is 2.54. The van der Waals surface area contributed by atoms with Gasteiger partial charge < -0.3 is 0 Å². The van der Waals surface area contributed by atoms with E-state index in [4.69, 9.17) is 0 Å². The van der Waals surface area contributed by atoms with E-state index in [0.29, 0.717) is 0 Å². The predicted octanol–water partition coefficient (Wildman–Crippen LogP) is 2.30. The number of halogens is 2. The summed E-state index contributed by atoms with van der Waals surface area (Å²) in [5.41, 5.74) is 0. The predicted molar refractivity (Wildman–Crippen MR) is 51.1 cm³/mol. The molecule has 0 spiro atoms. The van der Waals surface area contributed by atoms with Crippen molar-refractivity contribution in [1.82, 2.24) is 3.22 Å². The quantitative estimate of drug-likeness (QED) is 0.490. The van der Waals surface area contributed by atoms with Crippen molar-refractivity contribution in [1.29, 1.82) is 0 Å². The molecular weight excluding hydrogens is 330 g/mol. The molecule has 0 saturated heterocycles. The lowest BCUT2D eigenvalue weighted by molar-refractivity contribution is 0.718. The van der Waals surface area contributed by atoms with Crippen molar-refractivity contribution in [3.8, 4) is 0 Å². The molecule has 0 aromatic heterocycles. The second-order valence-corrected chi connectivity index (χ2v) is 3.59. The standard InChI is InChI=1S/C4H4I2N2/c5-4-2-1-3-8(6)7-4/h1,3H,2H2. The van der Waals surface area contributed by atoms with Crippen molar-refractivity contribution in [2.45, 2.75) is 6.42 Å². The number of hydrazone groups is 1. The lowest BCUT2D eigenvalue weighted by Crippen LogP contribution is -2.00. The molecule has 0 fully saturated rings. The Morgan fingerprint density at radius 1 is 1.75 bits per heavy atom. The van der Waals surface area contributed by atoms with E-state index < -0.39 is 0 Å². The van der Waals surface area contributed by atoms with E-state index in [1.807, 2.05) is 6.20 Å². The fourth-order valence-electron chi connectivity index (χ4n) is 0.415. The molecule has 0 aromatic carbocycles. The second kappa shape index (κ2) is 3.00. The summed E-state index contributed by atoms with van der Waals surface area (Å²) in [5.74, 6) is 0. The summed E-state index contributed by atoms with van der Waals surface area (Å²) in [6.07, 6.45) is 5.02. The molecule has 0 saturated carbocycles. The van der Waals surface area contributed by atoms with Crippen LogP contribution in [0.3, 0.4) is 0 Å². The average Bonchev–Trinajstić information content (AvgIpc) is 1.64. The molecule has 0 amide bonds. The van der Waals surface area contributed by atoms with Gasteiger partial charge in [-0.1, -0.05) is 6.08 Å². The molecule has 44 valence electrons. The topological polar surface area (TPSA) is 15.6 Å². The smallest absolute Gasteiger partial charge is 0.103 e. The molecule has 1 heterocycles. The Balaban J connectivity index is 2.60. The van der Waals surface area contributed by atoms with Crippen molar-refractivity contribution in [2.75, 3.05) is 0 Å². The zero-order valence-electron chi connectivity index (χ0n) is 4.01. The molecule has 0 aliphatic carbocycles. The average molecular weight is 334 g/mol. The van der Waals surface area contributed by atoms with E-state index in [0.717, 1.165) is 10.1 Å². The number of hydrogen-bond acceptors (Lipinski definition) is 2. The highest BCUT2D eigenvalue weighted by Gasteiger charge is 1.97. The summed E-state index contributed by atoms with van der Waals surface area (Å²) in [5, 5.41) is 4.12. The van der Waals surface area contributed by atoms with Gasteiger partial charge in [0.25, 0.3) is 0 Å². The van der Waals surface area contributed by atoms with Crippen LogP contribution in [0, 0.1) is 0 Å². The van der Waals surface area contributed by atoms with Crippen LogP contribution in [0.15, 0.2) is 17.4 Å². The first-order chi connectivity index (χ1) is 3.79. The number of rotatable bonds is 0. The van der Waals surface area contributed by atoms with Crippen molar-refractivity contribution in [3.63, 3.8) is 0 Å². The van der Waals surface area contributed by atoms with E-state index in [1.165, 1.54) is 0 Å². The van der Waals surface area contributed by atoms with Gasteiger partial charge in [-0.05, 0) is 22.6 Å². The van der Waals surface area contributed by atoms with Gasteiger partial charge in [0.2, 0.25) is 0 Å². The first-order valence-corrected chi connectivity index (χ1v) is 4.18. The molecule has 0 radical (unpaired) electrons. The maximum atomic E-state index is 4.12. The summed E-state index contributed by atoms with van der Waals surface area (Å²) < 4.78 is 2.92. The van der Waals surface area contributed by atoms with Crippen molar-refractivity contribution < 1.29 is 0 Å². The van der Waals surface area contributed by atoms with Gasteiger partial charge in [-0.3, -0.25) is 0 Å². The second-order valence-electron chi connectivity index (χ2n) is 1.35. The van der Waals surface area contributed by atoms with Crippen LogP contribution in [0.4, 0.5) is 0 Å². The molecule has 2 nitrogen and oxygen atoms in total. The monoisotopic (exact) mass is 334 g/mol. The van der Waals surface area contributed by atoms with Gasteiger partial charge in [-0.25, -0.2) is 3.22 Å². The van der Waals surface area contributed by atoms with Crippen LogP contribution in [0.25, 0.3) is 0 Å². The number of nitrogens with zero attached hydrogens (tertiary/aromatic N) is 2. The Labute approximate surface area is 75.6 Å². The number of hydrogen-bond donors (Lipinski definition) is 0. The van der Waals surface area contributed by atoms with Gasteiger partial charge in [0.1, 0.15) is 3.72 Å². The fraction of sp³-hybridized carbons (Fsp3) is 0.250. The van der Waals surface area contributed by atoms with E-state index in [1.54, 1.807) is 3.22 Å². The molecule has 0 bridgehead atoms. The van der Waals surface area contributed by atoms with Crippen LogP contribution in [-0.2, 0) is 0 Å². The summed E-state index contributed by atoms with van der Waals surface area (Å²) in [6.45, 7) is 0. The third-order valence-electron chi connectivity index (χ3n) is 0.719. The molecule has 4 heteroatoms. The van der Waals surface area contributed by atoms with Crippen molar-refractivity contribution in [2.24, 2.45) is 5.10 Å². The molecule has 1 aliphatic rings. The summed E-state index contributed by atoms with van der Waals surface area (Å²) >= 11 is 4.35. The minimum atomic E-state index is 0.986. The lowest BCUT2D eigenvalue weighted by Gasteiger charge is -2.07. The van der Waals surface area contributed by atoms with Crippen LogP contribution >= 0.6 is 45.5 Å². The highest BCUT2D eigenvalue weighted by molar-refractivity contribution is 14.1. The van der Waals surface area contributed by atoms with Crippen molar-refractivity contribution >= 4 is 49.2 Å². The molecule has 8 heavy (non-hydrogen) atoms. The summed E-state index contributed by atoms with van der Waals surface area (Å²) in [4.78, 5) is 0. The Morgan fingerprint density at radius 2 is 2.50 bits per heavy atom. The molecule has 0 N–H and O–H groups in total. The molecular formula is C4H4I2N2. The molecule has 1 rings (SSSR count). The van der Waals surface area contributed by atoms with Gasteiger partial charge in [0.05, 0.1) is 22.9 Å². The van der Waals surface area contributed by atoms with Gasteiger partial charge in [0, 0.05) is 12.6 Å². The van der Waals surface area contributed by atoms with Gasteiger partial charge in [-0.2, -0.15) is 5.10 Å². The zero-order valence-corrected chi connectivity index (χ0v) is 8.33. The molecule has 1 aliphatic heterocycles. The van der Waals surface area contributed by atoms with E-state index >= 15 is 0 Å². The first-order valence-electron chi connectivity index (χ1n) is 2.13. The highest BCUT2D eigenvalue weighted by atomic mass is 127. The molecule has 0 unspecified atom stereocenters. The SMILES string of the molecule is IC1=NN(I)C=CC1. The first kappa shape index (κ1) is 6.79. The minimum Gasteiger partial charge on any atom is -0.211 e. The normalized spacial score (nSPS) is 18.8. The minimum absolute atomic E-state index is 0.986. The van der Waals surface area contributed by atoms with Gasteiger partial charge in [0.15, 0.2) is 0 Å². The molecule has 0 aromatic rings. The van der Waals surface area contributed by atoms with Crippen LogP contribution in [-0.4, -0.2) is 6.94 Å². The third-order valence-corrected chi connectivity index (χ3v) is 1.91. The van der Waals surface area contributed by atoms with E-state index in [-0.39, 0.29) is 0 Å². The maximum Gasteiger partial charge on any atom is 0.103 e. The van der Waals surface area contributed by atoms with E-state index in [2.05, 4.69) is 56.6 Å². The van der Waals surface area contributed by atoms with Crippen molar-refractivity contribution in [3.05, 3.63) is 12.3 Å². The van der Waals surface area contributed by atoms with Gasteiger partial charge in [-0.15, -0.1) is 0 Å². The zero-order chi connectivity index (χ0) is 5.98. The Hall–Kier alpha value is 0.670. The lowest BCUT2D eigenvalue weighted by atomic mass is 10.4. The van der Waals surface area contributed by atoms with Crippen LogP contribution in [0.1, 0.15) is 6.42 Å². The van der Waals surface area contributed by atoms with Crippen LogP contribution in [0.2, 0.25) is 0 Å². The number of allylic oxidation sites excluding steroid dienone is 1. The molecule has 0 atom stereocenters. The Bertz CT molecular complexity index is 141. The van der Waals surface area contributed by atoms with Crippen LogP contribution in [0.5, 0.6) is 0 Å². The summed E-state index contributed by atoms with van der Waals surface area (Å²) in [7, 11) is 0. The summed E-state index contributed by atoms with van der Waals surface area (Å²) in [6, 6.07) is 0. The highest BCUT2D eigenvalue weighted by Crippen LogP contribution is 2.11. The van der Waals surface area contributed by atoms with E-state index in [9.17, 15) is 0 Å². The maximum absolute atomic E-state index is 4.12.